The maximum atomic E-state index is 13.0. The Morgan fingerprint density at radius 2 is 1.43 bits per heavy atom. The molecule has 4 N–H and O–H groups in total. The van der Waals surface area contributed by atoms with E-state index in [1.807, 2.05) is 54.6 Å². The molecule has 35 heavy (non-hydrogen) atoms. The normalized spacial score (nSPS) is 18.3. The number of rotatable bonds is 7. The second-order valence-electron chi connectivity index (χ2n) is 9.05. The first-order valence-corrected chi connectivity index (χ1v) is 13.2. The second-order valence-corrected chi connectivity index (χ2v) is 10.8. The maximum absolute atomic E-state index is 13.0. The van der Waals surface area contributed by atoms with Crippen molar-refractivity contribution in [1.29, 1.82) is 0 Å². The number of aromatic nitrogens is 2. The zero-order chi connectivity index (χ0) is 23.5. The van der Waals surface area contributed by atoms with Crippen molar-refractivity contribution in [2.75, 3.05) is 24.1 Å². The summed E-state index contributed by atoms with van der Waals surface area (Å²) in [6.45, 7) is 1.25. The quantitative estimate of drug-likeness (QED) is 0.322. The number of nitrogen functional groups attached to an aromatic ring is 1. The molecule has 184 valence electrons. The van der Waals surface area contributed by atoms with Gasteiger partial charge >= 0.3 is 0 Å². The van der Waals surface area contributed by atoms with Crippen LogP contribution in [0.1, 0.15) is 25.7 Å². The fourth-order valence-electron chi connectivity index (χ4n) is 4.79. The Bertz CT molecular complexity index is 1420. The second kappa shape index (κ2) is 10.8. The van der Waals surface area contributed by atoms with Crippen molar-refractivity contribution in [2.45, 2.75) is 30.6 Å². The van der Waals surface area contributed by atoms with Crippen molar-refractivity contribution >= 4 is 55.9 Å². The lowest BCUT2D eigenvalue weighted by Gasteiger charge is -2.28. The maximum Gasteiger partial charge on any atom is 0.241 e. The number of halogens is 1. The van der Waals surface area contributed by atoms with E-state index in [4.69, 9.17) is 5.73 Å². The van der Waals surface area contributed by atoms with Crippen LogP contribution in [0.15, 0.2) is 71.6 Å². The summed E-state index contributed by atoms with van der Waals surface area (Å²) in [5.74, 6) is 1.88. The summed E-state index contributed by atoms with van der Waals surface area (Å²) in [6, 6.07) is 20.7. The van der Waals surface area contributed by atoms with Crippen molar-refractivity contribution in [2.24, 2.45) is 11.8 Å². The highest BCUT2D eigenvalue weighted by Gasteiger charge is 2.24. The Kier molecular flexibility index (Phi) is 7.74. The number of sulfonamides is 1. The van der Waals surface area contributed by atoms with Gasteiger partial charge in [0.15, 0.2) is 0 Å². The van der Waals surface area contributed by atoms with Gasteiger partial charge in [0.05, 0.1) is 10.4 Å². The van der Waals surface area contributed by atoms with Gasteiger partial charge in [0.25, 0.3) is 0 Å². The van der Waals surface area contributed by atoms with Gasteiger partial charge in [-0.3, -0.25) is 0 Å². The predicted molar refractivity (Wildman–Crippen MR) is 144 cm³/mol. The van der Waals surface area contributed by atoms with Crippen molar-refractivity contribution < 1.29 is 8.42 Å². The number of nitrogens with two attached hydrogens (primary N) is 1. The Balaban J connectivity index is 0.00000289. The lowest BCUT2D eigenvalue weighted by atomic mass is 9.82. The van der Waals surface area contributed by atoms with Gasteiger partial charge in [0, 0.05) is 23.9 Å². The first kappa shape index (κ1) is 25.2. The van der Waals surface area contributed by atoms with Gasteiger partial charge in [-0.15, -0.1) is 12.4 Å². The third-order valence-corrected chi connectivity index (χ3v) is 8.23. The van der Waals surface area contributed by atoms with Crippen molar-refractivity contribution in [3.8, 4) is 0 Å². The van der Waals surface area contributed by atoms with E-state index in [9.17, 15) is 8.42 Å². The van der Waals surface area contributed by atoms with Crippen LogP contribution in [0, 0.1) is 11.8 Å². The Morgan fingerprint density at radius 3 is 2.20 bits per heavy atom. The molecule has 0 saturated heterocycles. The van der Waals surface area contributed by atoms with E-state index < -0.39 is 10.0 Å². The van der Waals surface area contributed by atoms with Crippen molar-refractivity contribution in [1.82, 2.24) is 14.7 Å². The van der Waals surface area contributed by atoms with Crippen LogP contribution in [0.2, 0.25) is 0 Å². The molecular weight excluding hydrogens is 482 g/mol. The van der Waals surface area contributed by atoms with Crippen LogP contribution in [0.5, 0.6) is 0 Å². The van der Waals surface area contributed by atoms with E-state index in [0.29, 0.717) is 35.0 Å². The van der Waals surface area contributed by atoms with Crippen molar-refractivity contribution in [3.63, 3.8) is 0 Å². The Labute approximate surface area is 212 Å². The largest absolute Gasteiger partial charge is 0.383 e. The number of hydrogen-bond donors (Lipinski definition) is 3. The molecule has 1 aromatic heterocycles. The summed E-state index contributed by atoms with van der Waals surface area (Å²) in [4.78, 5) is 9.30. The van der Waals surface area contributed by atoms with Crippen molar-refractivity contribution in [3.05, 3.63) is 66.7 Å². The van der Waals surface area contributed by atoms with Crippen LogP contribution in [0.4, 0.5) is 11.8 Å². The highest BCUT2D eigenvalue weighted by Crippen LogP contribution is 2.30. The molecule has 1 aliphatic rings. The third kappa shape index (κ3) is 5.66. The number of nitrogens with zero attached hydrogens (tertiary/aromatic N) is 2. The molecule has 0 spiro atoms. The molecule has 0 unspecified atom stereocenters. The molecular formula is C26H30ClN5O2S. The Hall–Kier alpha value is -2.94. The van der Waals surface area contributed by atoms with Crippen LogP contribution >= 0.6 is 12.4 Å². The third-order valence-electron chi connectivity index (χ3n) is 6.75. The van der Waals surface area contributed by atoms with Crippen LogP contribution in [-0.2, 0) is 10.0 Å². The van der Waals surface area contributed by atoms with E-state index in [0.717, 1.165) is 53.9 Å². The van der Waals surface area contributed by atoms with Gasteiger partial charge in [-0.05, 0) is 61.1 Å². The number of hydrogen-bond acceptors (Lipinski definition) is 6. The first-order valence-electron chi connectivity index (χ1n) is 11.7. The first-order chi connectivity index (χ1) is 16.5. The molecule has 9 heteroatoms. The minimum absolute atomic E-state index is 0. The monoisotopic (exact) mass is 511 g/mol. The molecule has 1 fully saturated rings. The number of anilines is 2. The average Bonchev–Trinajstić information content (AvgIpc) is 2.86. The molecule has 1 heterocycles. The summed E-state index contributed by atoms with van der Waals surface area (Å²) >= 11 is 0. The lowest BCUT2D eigenvalue weighted by molar-refractivity contribution is 0.284. The summed E-state index contributed by atoms with van der Waals surface area (Å²) in [5, 5.41) is 5.88. The summed E-state index contributed by atoms with van der Waals surface area (Å²) < 4.78 is 28.8. The SMILES string of the molecule is Cl.Nc1nc(NCC2CCC(CNS(=O)(=O)c3cccc4ccccc34)CC2)nc2ccccc12. The van der Waals surface area contributed by atoms with Crippen LogP contribution < -0.4 is 15.8 Å². The molecule has 0 atom stereocenters. The summed E-state index contributed by atoms with van der Waals surface area (Å²) in [6.07, 6.45) is 4.06. The van der Waals surface area contributed by atoms with Crippen LogP contribution in [-0.4, -0.2) is 31.5 Å². The zero-order valence-corrected chi connectivity index (χ0v) is 21.0. The van der Waals surface area contributed by atoms with E-state index in [1.54, 1.807) is 12.1 Å². The van der Waals surface area contributed by atoms with Gasteiger partial charge in [-0.2, -0.15) is 4.98 Å². The fourth-order valence-corrected chi connectivity index (χ4v) is 6.13. The van der Waals surface area contributed by atoms with Gasteiger partial charge < -0.3 is 11.1 Å². The topological polar surface area (TPSA) is 110 Å². The van der Waals surface area contributed by atoms with Crippen LogP contribution in [0.25, 0.3) is 21.7 Å². The average molecular weight is 512 g/mol. The molecule has 0 amide bonds. The van der Waals surface area contributed by atoms with Crippen LogP contribution in [0.3, 0.4) is 0 Å². The van der Waals surface area contributed by atoms with E-state index in [-0.39, 0.29) is 12.4 Å². The molecule has 0 radical (unpaired) electrons. The van der Waals surface area contributed by atoms with Gasteiger partial charge in [-0.1, -0.05) is 48.5 Å². The summed E-state index contributed by atoms with van der Waals surface area (Å²) in [7, 11) is -3.56. The fraction of sp³-hybridized carbons (Fsp3) is 0.308. The molecule has 7 nitrogen and oxygen atoms in total. The minimum Gasteiger partial charge on any atom is -0.383 e. The predicted octanol–water partition coefficient (Wildman–Crippen LogP) is 4.98. The van der Waals surface area contributed by atoms with Gasteiger partial charge in [-0.25, -0.2) is 18.1 Å². The molecule has 0 bridgehead atoms. The van der Waals surface area contributed by atoms with Gasteiger partial charge in [0.2, 0.25) is 16.0 Å². The number of fused-ring (bicyclic) bond motifs is 2. The standard InChI is InChI=1S/C26H29N5O2S.ClH/c27-25-22-9-3-4-10-23(22)30-26(31-25)28-16-18-12-14-19(15-13-18)17-29-34(32,33)24-11-5-7-20-6-1-2-8-21(20)24;/h1-11,18-19,29H,12-17H2,(H3,27,28,30,31);1H. The highest BCUT2D eigenvalue weighted by atomic mass is 35.5. The molecule has 3 aromatic carbocycles. The van der Waals surface area contributed by atoms with Gasteiger partial charge in [0.1, 0.15) is 5.82 Å². The number of para-hydroxylation sites is 1. The molecule has 0 aliphatic heterocycles. The smallest absolute Gasteiger partial charge is 0.241 e. The Morgan fingerprint density at radius 1 is 0.800 bits per heavy atom. The van der Waals surface area contributed by atoms with E-state index in [2.05, 4.69) is 20.0 Å². The van der Waals surface area contributed by atoms with E-state index >= 15 is 0 Å². The number of nitrogens with one attached hydrogen (secondary N) is 2. The van der Waals surface area contributed by atoms with E-state index in [1.165, 1.54) is 0 Å². The molecule has 1 saturated carbocycles. The lowest BCUT2D eigenvalue weighted by Crippen LogP contribution is -2.32. The summed E-state index contributed by atoms with van der Waals surface area (Å²) in [5.41, 5.74) is 6.91. The molecule has 5 rings (SSSR count). The number of benzene rings is 3. The molecule has 4 aromatic rings. The zero-order valence-electron chi connectivity index (χ0n) is 19.4. The highest BCUT2D eigenvalue weighted by molar-refractivity contribution is 7.89. The molecule has 1 aliphatic carbocycles. The minimum atomic E-state index is -3.56.